The van der Waals surface area contributed by atoms with Crippen LogP contribution in [0.2, 0.25) is 0 Å². The van der Waals surface area contributed by atoms with Gasteiger partial charge < -0.3 is 28.8 Å². The van der Waals surface area contributed by atoms with E-state index in [4.69, 9.17) is 18.6 Å². The average molecular weight is 491 g/mol. The van der Waals surface area contributed by atoms with Crippen molar-refractivity contribution in [3.63, 3.8) is 0 Å². The van der Waals surface area contributed by atoms with E-state index >= 15 is 0 Å². The fraction of sp³-hybridized carbons (Fsp3) is 0.357. The average Bonchev–Trinajstić information content (AvgIpc) is 3.67. The molecule has 1 aromatic heterocycles. The number of hydrogen-bond acceptors (Lipinski definition) is 6. The summed E-state index contributed by atoms with van der Waals surface area (Å²) in [5.41, 5.74) is 1.50. The van der Waals surface area contributed by atoms with Crippen molar-refractivity contribution in [2.45, 2.75) is 51.2 Å². The van der Waals surface area contributed by atoms with Gasteiger partial charge in [-0.1, -0.05) is 31.0 Å². The van der Waals surface area contributed by atoms with E-state index in [0.717, 1.165) is 31.2 Å². The lowest BCUT2D eigenvalue weighted by atomic mass is 10.0. The highest BCUT2D eigenvalue weighted by atomic mass is 16.7. The molecule has 5 rings (SSSR count). The van der Waals surface area contributed by atoms with Gasteiger partial charge in [-0.2, -0.15) is 0 Å². The Hall–Kier alpha value is -3.94. The van der Waals surface area contributed by atoms with Gasteiger partial charge in [-0.25, -0.2) is 0 Å². The smallest absolute Gasteiger partial charge is 0.290 e. The molecule has 2 heterocycles. The number of furan rings is 1. The number of nitrogens with one attached hydrogen (secondary N) is 1. The maximum atomic E-state index is 13.8. The van der Waals surface area contributed by atoms with Crippen LogP contribution in [-0.2, 0) is 11.3 Å². The Morgan fingerprint density at radius 2 is 1.83 bits per heavy atom. The van der Waals surface area contributed by atoms with Gasteiger partial charge in [0.15, 0.2) is 17.3 Å². The molecule has 2 amide bonds. The topological polar surface area (TPSA) is 90.2 Å². The van der Waals surface area contributed by atoms with E-state index in [1.165, 1.54) is 6.26 Å². The number of hydrogen-bond donors (Lipinski definition) is 1. The largest absolute Gasteiger partial charge is 0.494 e. The van der Waals surface area contributed by atoms with Crippen molar-refractivity contribution in [2.24, 2.45) is 0 Å². The molecule has 8 heteroatoms. The molecular weight excluding hydrogens is 460 g/mol. The Labute approximate surface area is 210 Å². The van der Waals surface area contributed by atoms with Gasteiger partial charge in [-0.3, -0.25) is 9.59 Å². The highest BCUT2D eigenvalue weighted by Gasteiger charge is 2.35. The third-order valence-electron chi connectivity index (χ3n) is 6.55. The van der Waals surface area contributed by atoms with Crippen molar-refractivity contribution in [2.75, 3.05) is 13.4 Å². The summed E-state index contributed by atoms with van der Waals surface area (Å²) in [5, 5.41) is 3.19. The summed E-state index contributed by atoms with van der Waals surface area (Å²) < 4.78 is 22.0. The quantitative estimate of drug-likeness (QED) is 0.461. The molecule has 188 valence electrons. The minimum Gasteiger partial charge on any atom is -0.494 e. The van der Waals surface area contributed by atoms with Crippen LogP contribution < -0.4 is 19.5 Å². The molecule has 36 heavy (non-hydrogen) atoms. The number of rotatable bonds is 9. The Morgan fingerprint density at radius 1 is 1.06 bits per heavy atom. The first kappa shape index (κ1) is 23.8. The van der Waals surface area contributed by atoms with Gasteiger partial charge in [-0.15, -0.1) is 0 Å². The third kappa shape index (κ3) is 5.17. The second-order valence-corrected chi connectivity index (χ2v) is 8.99. The lowest BCUT2D eigenvalue weighted by Crippen LogP contribution is -2.45. The van der Waals surface area contributed by atoms with Crippen LogP contribution >= 0.6 is 0 Å². The first-order valence-electron chi connectivity index (χ1n) is 12.4. The summed E-state index contributed by atoms with van der Waals surface area (Å²) in [6.07, 6.45) is 5.51. The van der Waals surface area contributed by atoms with Crippen LogP contribution in [0.1, 0.15) is 60.3 Å². The molecule has 2 aromatic carbocycles. The molecule has 0 radical (unpaired) electrons. The number of carbonyl (C=O) groups excluding carboxylic acids is 2. The first-order chi connectivity index (χ1) is 17.6. The second-order valence-electron chi connectivity index (χ2n) is 8.99. The Bertz CT molecular complexity index is 1190. The molecule has 0 saturated heterocycles. The van der Waals surface area contributed by atoms with Gasteiger partial charge in [0.1, 0.15) is 11.8 Å². The molecule has 1 aliphatic carbocycles. The van der Waals surface area contributed by atoms with Gasteiger partial charge >= 0.3 is 0 Å². The zero-order chi connectivity index (χ0) is 24.9. The molecule has 0 unspecified atom stereocenters. The van der Waals surface area contributed by atoms with Crippen molar-refractivity contribution in [3.05, 3.63) is 77.7 Å². The Kier molecular flexibility index (Phi) is 7.11. The van der Waals surface area contributed by atoms with E-state index in [1.54, 1.807) is 17.0 Å². The molecule has 1 fully saturated rings. The predicted molar refractivity (Wildman–Crippen MR) is 132 cm³/mol. The number of nitrogens with zero attached hydrogens (tertiary/aromatic N) is 1. The minimum absolute atomic E-state index is 0.105. The lowest BCUT2D eigenvalue weighted by Gasteiger charge is -2.32. The van der Waals surface area contributed by atoms with Crippen LogP contribution in [0.25, 0.3) is 0 Å². The maximum absolute atomic E-state index is 13.8. The summed E-state index contributed by atoms with van der Waals surface area (Å²) in [7, 11) is 0. The standard InChI is InChI=1S/C28H30N2O6/c1-2-33-22-12-10-20(11-13-22)26(27(31)29-21-6-3-4-7-21)30(28(32)24-8-5-15-34-24)17-19-9-14-23-25(16-19)36-18-35-23/h5,8-16,21,26H,2-4,6-7,17-18H2,1H3,(H,29,31)/t26-/m1/s1. The highest BCUT2D eigenvalue weighted by Crippen LogP contribution is 2.34. The van der Waals surface area contributed by atoms with Crippen molar-refractivity contribution < 1.29 is 28.2 Å². The molecular formula is C28H30N2O6. The summed E-state index contributed by atoms with van der Waals surface area (Å²) in [6.45, 7) is 2.79. The van der Waals surface area contributed by atoms with Gasteiger partial charge in [-0.05, 0) is 67.3 Å². The molecule has 2 aliphatic rings. The van der Waals surface area contributed by atoms with E-state index in [9.17, 15) is 9.59 Å². The number of amides is 2. The SMILES string of the molecule is CCOc1ccc([C@H](C(=O)NC2CCCC2)N(Cc2ccc3c(c2)OCO3)C(=O)c2ccco2)cc1. The molecule has 1 saturated carbocycles. The van der Waals surface area contributed by atoms with Crippen molar-refractivity contribution in [1.29, 1.82) is 0 Å². The second kappa shape index (κ2) is 10.8. The van der Waals surface area contributed by atoms with Crippen LogP contribution in [-0.4, -0.2) is 36.2 Å². The van der Waals surface area contributed by atoms with Crippen LogP contribution in [0.5, 0.6) is 17.2 Å². The molecule has 0 spiro atoms. The van der Waals surface area contributed by atoms with Crippen molar-refractivity contribution in [1.82, 2.24) is 10.2 Å². The van der Waals surface area contributed by atoms with Crippen LogP contribution in [0, 0.1) is 0 Å². The summed E-state index contributed by atoms with van der Waals surface area (Å²) >= 11 is 0. The summed E-state index contributed by atoms with van der Waals surface area (Å²) in [6, 6.07) is 15.4. The summed E-state index contributed by atoms with van der Waals surface area (Å²) in [4.78, 5) is 29.1. The van der Waals surface area contributed by atoms with Crippen LogP contribution in [0.4, 0.5) is 0 Å². The fourth-order valence-corrected chi connectivity index (χ4v) is 4.79. The minimum atomic E-state index is -0.871. The van der Waals surface area contributed by atoms with Crippen LogP contribution in [0.3, 0.4) is 0 Å². The Morgan fingerprint density at radius 3 is 2.56 bits per heavy atom. The van der Waals surface area contributed by atoms with Crippen molar-refractivity contribution >= 4 is 11.8 Å². The van der Waals surface area contributed by atoms with E-state index in [-0.39, 0.29) is 37.0 Å². The van der Waals surface area contributed by atoms with E-state index in [0.29, 0.717) is 29.4 Å². The number of ether oxygens (including phenoxy) is 3. The van der Waals surface area contributed by atoms with E-state index in [1.807, 2.05) is 49.4 Å². The predicted octanol–water partition coefficient (Wildman–Crippen LogP) is 4.85. The third-order valence-corrected chi connectivity index (χ3v) is 6.55. The van der Waals surface area contributed by atoms with E-state index < -0.39 is 6.04 Å². The monoisotopic (exact) mass is 490 g/mol. The number of carbonyl (C=O) groups is 2. The highest BCUT2D eigenvalue weighted by molar-refractivity contribution is 5.96. The zero-order valence-corrected chi connectivity index (χ0v) is 20.3. The Balaban J connectivity index is 1.52. The summed E-state index contributed by atoms with van der Waals surface area (Å²) in [5.74, 6) is 1.55. The molecule has 1 N–H and O–H groups in total. The zero-order valence-electron chi connectivity index (χ0n) is 20.3. The lowest BCUT2D eigenvalue weighted by molar-refractivity contribution is -0.126. The maximum Gasteiger partial charge on any atom is 0.290 e. The number of fused-ring (bicyclic) bond motifs is 1. The molecule has 0 bridgehead atoms. The fourth-order valence-electron chi connectivity index (χ4n) is 4.79. The van der Waals surface area contributed by atoms with Gasteiger partial charge in [0.25, 0.3) is 5.91 Å². The molecule has 1 atom stereocenters. The van der Waals surface area contributed by atoms with Crippen molar-refractivity contribution in [3.8, 4) is 17.2 Å². The number of benzene rings is 2. The van der Waals surface area contributed by atoms with Gasteiger partial charge in [0.2, 0.25) is 12.7 Å². The molecule has 3 aromatic rings. The van der Waals surface area contributed by atoms with Gasteiger partial charge in [0.05, 0.1) is 12.9 Å². The first-order valence-corrected chi connectivity index (χ1v) is 12.4. The normalized spacial score (nSPS) is 15.5. The van der Waals surface area contributed by atoms with Gasteiger partial charge in [0, 0.05) is 12.6 Å². The van der Waals surface area contributed by atoms with E-state index in [2.05, 4.69) is 5.32 Å². The molecule has 8 nitrogen and oxygen atoms in total. The van der Waals surface area contributed by atoms with Crippen LogP contribution in [0.15, 0.2) is 65.3 Å². The molecule has 1 aliphatic heterocycles.